The fraction of sp³-hybridized carbons (Fsp3) is 0.280. The molecule has 4 aromatic rings. The summed E-state index contributed by atoms with van der Waals surface area (Å²) in [6.07, 6.45) is 4.87. The predicted octanol–water partition coefficient (Wildman–Crippen LogP) is 4.54. The summed E-state index contributed by atoms with van der Waals surface area (Å²) in [7, 11) is 0. The number of aliphatic hydroxyl groups is 1. The molecule has 5 nitrogen and oxygen atoms in total. The molecule has 1 saturated carbocycles. The number of nitrogens with two attached hydrogens (primary N) is 1. The van der Waals surface area contributed by atoms with E-state index in [4.69, 9.17) is 10.7 Å². The number of benzene rings is 2. The third kappa shape index (κ3) is 2.97. The molecule has 152 valence electrons. The summed E-state index contributed by atoms with van der Waals surface area (Å²) in [6, 6.07) is 19.1. The summed E-state index contributed by atoms with van der Waals surface area (Å²) >= 11 is 0. The highest BCUT2D eigenvalue weighted by Crippen LogP contribution is 2.40. The molecular weight excluding hydrogens is 372 g/mol. The molecule has 2 heterocycles. The molecule has 1 aliphatic rings. The van der Waals surface area contributed by atoms with Gasteiger partial charge >= 0.3 is 0 Å². The second-order valence-electron chi connectivity index (χ2n) is 8.74. The van der Waals surface area contributed by atoms with Crippen LogP contribution in [0.4, 0.5) is 5.82 Å². The molecule has 0 spiro atoms. The van der Waals surface area contributed by atoms with Crippen molar-refractivity contribution in [3.8, 4) is 11.3 Å². The Kier molecular flexibility index (Phi) is 4.36. The fourth-order valence-electron chi connectivity index (χ4n) is 4.44. The molecule has 1 fully saturated rings. The van der Waals surface area contributed by atoms with Crippen molar-refractivity contribution in [2.75, 3.05) is 5.73 Å². The van der Waals surface area contributed by atoms with Crippen molar-refractivity contribution in [1.82, 2.24) is 14.4 Å². The Hall–Kier alpha value is -3.18. The van der Waals surface area contributed by atoms with E-state index in [2.05, 4.69) is 67.4 Å². The van der Waals surface area contributed by atoms with E-state index in [1.807, 2.05) is 16.7 Å². The lowest BCUT2D eigenvalue weighted by molar-refractivity contribution is 0.0715. The zero-order chi connectivity index (χ0) is 20.9. The van der Waals surface area contributed by atoms with E-state index >= 15 is 0 Å². The summed E-state index contributed by atoms with van der Waals surface area (Å²) < 4.78 is 2.04. The first kappa shape index (κ1) is 18.8. The van der Waals surface area contributed by atoms with Crippen LogP contribution in [0.15, 0.2) is 67.0 Å². The van der Waals surface area contributed by atoms with Gasteiger partial charge in [-0.15, -0.1) is 0 Å². The van der Waals surface area contributed by atoms with Gasteiger partial charge in [0, 0.05) is 29.3 Å². The van der Waals surface area contributed by atoms with E-state index in [0.29, 0.717) is 5.82 Å². The van der Waals surface area contributed by atoms with Crippen LogP contribution in [0, 0.1) is 0 Å². The third-order valence-electron chi connectivity index (χ3n) is 6.46. The van der Waals surface area contributed by atoms with Crippen LogP contribution in [-0.2, 0) is 5.41 Å². The molecule has 0 amide bonds. The van der Waals surface area contributed by atoms with Gasteiger partial charge in [0.1, 0.15) is 22.9 Å². The van der Waals surface area contributed by atoms with Crippen LogP contribution in [0.25, 0.3) is 16.8 Å². The number of nitrogen functional groups attached to an aromatic ring is 1. The molecule has 5 heteroatoms. The van der Waals surface area contributed by atoms with Gasteiger partial charge in [-0.25, -0.2) is 9.97 Å². The summed E-state index contributed by atoms with van der Waals surface area (Å²) in [4.78, 5) is 9.25. The lowest BCUT2D eigenvalue weighted by Crippen LogP contribution is -2.27. The van der Waals surface area contributed by atoms with Crippen LogP contribution < -0.4 is 5.73 Å². The van der Waals surface area contributed by atoms with Crippen LogP contribution in [0.1, 0.15) is 49.6 Å². The molecule has 0 bridgehead atoms. The Bertz CT molecular complexity index is 1190. The first-order chi connectivity index (χ1) is 14.4. The van der Waals surface area contributed by atoms with Gasteiger partial charge in [-0.05, 0) is 24.0 Å². The second kappa shape index (κ2) is 6.96. The lowest BCUT2D eigenvalue weighted by Gasteiger charge is -2.30. The van der Waals surface area contributed by atoms with Gasteiger partial charge in [0.25, 0.3) is 0 Å². The average molecular weight is 399 g/mol. The standard InChI is InChI=1S/C25H26N4O/c1-25(2,18-6-4-3-5-7-18)19-10-8-16(9-11-19)21-22-23(26)27-12-13-29(22)24(28-21)17-14-20(30)15-17/h3-13,17,20,30H,14-15H2,1-2H3,(H2,26,27). The lowest BCUT2D eigenvalue weighted by atomic mass is 9.78. The largest absolute Gasteiger partial charge is 0.393 e. The topological polar surface area (TPSA) is 76.4 Å². The average Bonchev–Trinajstić information content (AvgIpc) is 3.13. The highest BCUT2D eigenvalue weighted by Gasteiger charge is 2.33. The normalized spacial score (nSPS) is 19.0. The monoisotopic (exact) mass is 398 g/mol. The molecule has 30 heavy (non-hydrogen) atoms. The molecule has 0 saturated heterocycles. The minimum absolute atomic E-state index is 0.0934. The van der Waals surface area contributed by atoms with Crippen LogP contribution in [-0.4, -0.2) is 25.6 Å². The van der Waals surface area contributed by atoms with Crippen molar-refractivity contribution in [3.05, 3.63) is 83.9 Å². The Morgan fingerprint density at radius 3 is 2.33 bits per heavy atom. The molecule has 0 atom stereocenters. The van der Waals surface area contributed by atoms with E-state index in [0.717, 1.165) is 35.4 Å². The van der Waals surface area contributed by atoms with Crippen LogP contribution in [0.5, 0.6) is 0 Å². The molecule has 5 rings (SSSR count). The number of hydrogen-bond donors (Lipinski definition) is 2. The summed E-state index contributed by atoms with van der Waals surface area (Å²) in [5.74, 6) is 1.67. The van der Waals surface area contributed by atoms with E-state index in [-0.39, 0.29) is 17.4 Å². The highest BCUT2D eigenvalue weighted by atomic mass is 16.3. The molecule has 0 radical (unpaired) electrons. The van der Waals surface area contributed by atoms with Crippen molar-refractivity contribution in [1.29, 1.82) is 0 Å². The fourth-order valence-corrected chi connectivity index (χ4v) is 4.44. The van der Waals surface area contributed by atoms with E-state index in [1.54, 1.807) is 6.20 Å². The molecule has 1 aliphatic carbocycles. The first-order valence-corrected chi connectivity index (χ1v) is 10.4. The Labute approximate surface area is 176 Å². The molecular formula is C25H26N4O. The van der Waals surface area contributed by atoms with Gasteiger partial charge in [0.2, 0.25) is 0 Å². The Morgan fingerprint density at radius 1 is 1.00 bits per heavy atom. The van der Waals surface area contributed by atoms with E-state index in [9.17, 15) is 5.11 Å². The smallest absolute Gasteiger partial charge is 0.150 e. The van der Waals surface area contributed by atoms with Gasteiger partial charge in [0.05, 0.1) is 6.10 Å². The van der Waals surface area contributed by atoms with Crippen molar-refractivity contribution in [3.63, 3.8) is 0 Å². The third-order valence-corrected chi connectivity index (χ3v) is 6.46. The summed E-state index contributed by atoms with van der Waals surface area (Å²) in [6.45, 7) is 4.48. The molecule has 3 N–H and O–H groups in total. The van der Waals surface area contributed by atoms with Crippen molar-refractivity contribution in [2.24, 2.45) is 0 Å². The maximum Gasteiger partial charge on any atom is 0.150 e. The quantitative estimate of drug-likeness (QED) is 0.529. The van der Waals surface area contributed by atoms with Crippen molar-refractivity contribution < 1.29 is 5.11 Å². The molecule has 0 unspecified atom stereocenters. The predicted molar refractivity (Wildman–Crippen MR) is 119 cm³/mol. The zero-order valence-electron chi connectivity index (χ0n) is 17.3. The minimum atomic E-state index is -0.232. The SMILES string of the molecule is CC(C)(c1ccccc1)c1ccc(-c2nc(C3CC(O)C3)n3ccnc(N)c23)cc1. The van der Waals surface area contributed by atoms with Gasteiger partial charge in [-0.3, -0.25) is 4.40 Å². The van der Waals surface area contributed by atoms with E-state index in [1.165, 1.54) is 11.1 Å². The molecule has 2 aromatic carbocycles. The number of aromatic nitrogens is 3. The number of imidazole rings is 1. The maximum absolute atomic E-state index is 9.76. The Morgan fingerprint density at radius 2 is 1.67 bits per heavy atom. The second-order valence-corrected chi connectivity index (χ2v) is 8.74. The zero-order valence-corrected chi connectivity index (χ0v) is 17.3. The number of aliphatic hydroxyl groups excluding tert-OH is 1. The number of rotatable bonds is 4. The van der Waals surface area contributed by atoms with Crippen LogP contribution >= 0.6 is 0 Å². The van der Waals surface area contributed by atoms with Gasteiger partial charge in [0.15, 0.2) is 0 Å². The highest BCUT2D eigenvalue weighted by molar-refractivity contribution is 5.85. The first-order valence-electron chi connectivity index (χ1n) is 10.4. The van der Waals surface area contributed by atoms with Crippen LogP contribution in [0.2, 0.25) is 0 Å². The summed E-state index contributed by atoms with van der Waals surface area (Å²) in [5.41, 5.74) is 11.4. The van der Waals surface area contributed by atoms with Crippen LogP contribution in [0.3, 0.4) is 0 Å². The minimum Gasteiger partial charge on any atom is -0.393 e. The Balaban J connectivity index is 1.57. The van der Waals surface area contributed by atoms with Gasteiger partial charge in [-0.2, -0.15) is 0 Å². The van der Waals surface area contributed by atoms with Crippen molar-refractivity contribution in [2.45, 2.75) is 44.1 Å². The van der Waals surface area contributed by atoms with Crippen molar-refractivity contribution >= 4 is 11.3 Å². The number of fused-ring (bicyclic) bond motifs is 1. The van der Waals surface area contributed by atoms with Gasteiger partial charge < -0.3 is 10.8 Å². The van der Waals surface area contributed by atoms with E-state index < -0.39 is 0 Å². The maximum atomic E-state index is 9.76. The summed E-state index contributed by atoms with van der Waals surface area (Å²) in [5, 5.41) is 9.76. The number of nitrogens with zero attached hydrogens (tertiary/aromatic N) is 3. The molecule has 0 aliphatic heterocycles. The molecule has 2 aromatic heterocycles. The number of hydrogen-bond acceptors (Lipinski definition) is 4. The van der Waals surface area contributed by atoms with Gasteiger partial charge in [-0.1, -0.05) is 68.4 Å². The number of anilines is 1.